The van der Waals surface area contributed by atoms with E-state index in [0.29, 0.717) is 6.04 Å². The van der Waals surface area contributed by atoms with Gasteiger partial charge in [0, 0.05) is 22.3 Å². The molecule has 0 spiro atoms. The molecule has 0 aliphatic heterocycles. The molecule has 2 N–H and O–H groups in total. The van der Waals surface area contributed by atoms with Gasteiger partial charge in [-0.05, 0) is 37.8 Å². The quantitative estimate of drug-likeness (QED) is 0.761. The van der Waals surface area contributed by atoms with Gasteiger partial charge >= 0.3 is 5.97 Å². The van der Waals surface area contributed by atoms with Crippen molar-refractivity contribution in [3.05, 3.63) is 21.9 Å². The molecular formula is C14H23NO2S. The Hall–Kier alpha value is -0.870. The molecule has 1 rings (SSSR count). The van der Waals surface area contributed by atoms with Gasteiger partial charge in [-0.3, -0.25) is 4.79 Å². The Morgan fingerprint density at radius 2 is 1.94 bits per heavy atom. The maximum atomic E-state index is 10.6. The Kier molecular flexibility index (Phi) is 6.36. The first-order valence-electron chi connectivity index (χ1n) is 6.50. The van der Waals surface area contributed by atoms with Crippen molar-refractivity contribution in [2.75, 3.05) is 0 Å². The lowest BCUT2D eigenvalue weighted by atomic mass is 10.0. The fraction of sp³-hybridized carbons (Fsp3) is 0.643. The molecule has 4 heteroatoms. The average Bonchev–Trinajstić information content (AvgIpc) is 2.70. The van der Waals surface area contributed by atoms with Crippen molar-refractivity contribution < 1.29 is 9.90 Å². The van der Waals surface area contributed by atoms with Gasteiger partial charge in [0.2, 0.25) is 0 Å². The van der Waals surface area contributed by atoms with Crippen LogP contribution in [0, 0.1) is 5.92 Å². The predicted molar refractivity (Wildman–Crippen MR) is 76.0 cm³/mol. The zero-order valence-corrected chi connectivity index (χ0v) is 12.2. The second-order valence-electron chi connectivity index (χ2n) is 5.19. The SMILES string of the molecule is CC(C)CCC(C)NCc1ccc(CC(=O)O)s1. The van der Waals surface area contributed by atoms with E-state index >= 15 is 0 Å². The van der Waals surface area contributed by atoms with E-state index in [2.05, 4.69) is 26.1 Å². The zero-order valence-electron chi connectivity index (χ0n) is 11.4. The van der Waals surface area contributed by atoms with Crippen LogP contribution in [0.2, 0.25) is 0 Å². The Labute approximate surface area is 113 Å². The van der Waals surface area contributed by atoms with Gasteiger partial charge in [0.15, 0.2) is 0 Å². The molecule has 1 aromatic rings. The maximum absolute atomic E-state index is 10.6. The molecule has 0 aliphatic rings. The van der Waals surface area contributed by atoms with E-state index in [1.807, 2.05) is 12.1 Å². The molecule has 0 bridgehead atoms. The molecule has 18 heavy (non-hydrogen) atoms. The smallest absolute Gasteiger partial charge is 0.308 e. The number of aliphatic carboxylic acids is 1. The minimum atomic E-state index is -0.762. The van der Waals surface area contributed by atoms with Crippen LogP contribution in [-0.2, 0) is 17.8 Å². The molecule has 3 nitrogen and oxygen atoms in total. The van der Waals surface area contributed by atoms with Crippen molar-refractivity contribution in [1.82, 2.24) is 5.32 Å². The number of carboxylic acids is 1. The molecule has 1 atom stereocenters. The average molecular weight is 269 g/mol. The number of nitrogens with one attached hydrogen (secondary N) is 1. The lowest BCUT2D eigenvalue weighted by molar-refractivity contribution is -0.136. The van der Waals surface area contributed by atoms with Gasteiger partial charge in [0.05, 0.1) is 6.42 Å². The second kappa shape index (κ2) is 7.54. The summed E-state index contributed by atoms with van der Waals surface area (Å²) in [6.07, 6.45) is 2.56. The third kappa shape index (κ3) is 6.17. The predicted octanol–water partition coefficient (Wildman–Crippen LogP) is 3.29. The standard InChI is InChI=1S/C14H23NO2S/c1-10(2)4-5-11(3)15-9-13-7-6-12(18-13)8-14(16)17/h6-7,10-11,15H,4-5,8-9H2,1-3H3,(H,16,17). The van der Waals surface area contributed by atoms with Gasteiger partial charge in [-0.2, -0.15) is 0 Å². The summed E-state index contributed by atoms with van der Waals surface area (Å²) in [6, 6.07) is 4.44. The van der Waals surface area contributed by atoms with Crippen molar-refractivity contribution in [2.45, 2.75) is 52.6 Å². The molecule has 0 amide bonds. The summed E-state index contributed by atoms with van der Waals surface area (Å²) in [5.74, 6) is -0.0141. The van der Waals surface area contributed by atoms with E-state index in [1.54, 1.807) is 11.3 Å². The third-order valence-electron chi connectivity index (χ3n) is 2.84. The van der Waals surface area contributed by atoms with Crippen LogP contribution in [0.3, 0.4) is 0 Å². The van der Waals surface area contributed by atoms with E-state index in [1.165, 1.54) is 17.7 Å². The van der Waals surface area contributed by atoms with Crippen LogP contribution in [0.1, 0.15) is 43.4 Å². The lowest BCUT2D eigenvalue weighted by Crippen LogP contribution is -2.25. The molecule has 0 aromatic carbocycles. The zero-order chi connectivity index (χ0) is 13.5. The number of thiophene rings is 1. The molecule has 0 aliphatic carbocycles. The van der Waals surface area contributed by atoms with Gasteiger partial charge in [0.25, 0.3) is 0 Å². The second-order valence-corrected chi connectivity index (χ2v) is 6.44. The van der Waals surface area contributed by atoms with Gasteiger partial charge in [-0.15, -0.1) is 11.3 Å². The highest BCUT2D eigenvalue weighted by atomic mass is 32.1. The number of hydrogen-bond donors (Lipinski definition) is 2. The molecule has 1 heterocycles. The summed E-state index contributed by atoms with van der Waals surface area (Å²) in [5.41, 5.74) is 0. The monoisotopic (exact) mass is 269 g/mol. The molecule has 0 fully saturated rings. The molecule has 1 aromatic heterocycles. The lowest BCUT2D eigenvalue weighted by Gasteiger charge is -2.14. The van der Waals surface area contributed by atoms with Crippen LogP contribution >= 0.6 is 11.3 Å². The summed E-state index contributed by atoms with van der Waals surface area (Å²) < 4.78 is 0. The van der Waals surface area contributed by atoms with Crippen molar-refractivity contribution in [3.8, 4) is 0 Å². The Morgan fingerprint density at radius 3 is 2.56 bits per heavy atom. The largest absolute Gasteiger partial charge is 0.481 e. The molecule has 0 saturated heterocycles. The molecular weight excluding hydrogens is 246 g/mol. The minimum Gasteiger partial charge on any atom is -0.481 e. The van der Waals surface area contributed by atoms with Gasteiger partial charge in [-0.1, -0.05) is 13.8 Å². The molecule has 1 unspecified atom stereocenters. The highest BCUT2D eigenvalue weighted by Crippen LogP contribution is 2.17. The summed E-state index contributed by atoms with van der Waals surface area (Å²) in [4.78, 5) is 12.7. The normalized spacial score (nSPS) is 12.9. The first-order chi connectivity index (χ1) is 8.47. The fourth-order valence-electron chi connectivity index (χ4n) is 1.72. The van der Waals surface area contributed by atoms with Crippen LogP contribution in [0.5, 0.6) is 0 Å². The molecule has 0 radical (unpaired) electrons. The topological polar surface area (TPSA) is 49.3 Å². The van der Waals surface area contributed by atoms with Gasteiger partial charge in [0.1, 0.15) is 0 Å². The summed E-state index contributed by atoms with van der Waals surface area (Å²) in [6.45, 7) is 7.52. The summed E-state index contributed by atoms with van der Waals surface area (Å²) in [5, 5.41) is 12.2. The van der Waals surface area contributed by atoms with Crippen LogP contribution in [0.15, 0.2) is 12.1 Å². The van der Waals surface area contributed by atoms with Gasteiger partial charge < -0.3 is 10.4 Å². The fourth-order valence-corrected chi connectivity index (χ4v) is 2.68. The number of hydrogen-bond acceptors (Lipinski definition) is 3. The van der Waals surface area contributed by atoms with E-state index < -0.39 is 5.97 Å². The number of carbonyl (C=O) groups is 1. The van der Waals surface area contributed by atoms with Crippen LogP contribution < -0.4 is 5.32 Å². The molecule has 102 valence electrons. The third-order valence-corrected chi connectivity index (χ3v) is 3.93. The van der Waals surface area contributed by atoms with Crippen molar-refractivity contribution in [2.24, 2.45) is 5.92 Å². The van der Waals surface area contributed by atoms with Crippen molar-refractivity contribution in [1.29, 1.82) is 0 Å². The van der Waals surface area contributed by atoms with E-state index in [-0.39, 0.29) is 6.42 Å². The van der Waals surface area contributed by atoms with Crippen LogP contribution in [0.4, 0.5) is 0 Å². The maximum Gasteiger partial charge on any atom is 0.308 e. The van der Waals surface area contributed by atoms with Crippen molar-refractivity contribution in [3.63, 3.8) is 0 Å². The molecule has 0 saturated carbocycles. The van der Waals surface area contributed by atoms with Crippen LogP contribution in [0.25, 0.3) is 0 Å². The van der Waals surface area contributed by atoms with E-state index in [0.717, 1.165) is 17.3 Å². The van der Waals surface area contributed by atoms with Crippen molar-refractivity contribution >= 4 is 17.3 Å². The number of rotatable bonds is 8. The summed E-state index contributed by atoms with van der Waals surface area (Å²) >= 11 is 1.58. The Morgan fingerprint density at radius 1 is 1.28 bits per heavy atom. The first kappa shape index (κ1) is 15.2. The Balaban J connectivity index is 2.30. The highest BCUT2D eigenvalue weighted by molar-refractivity contribution is 7.12. The minimum absolute atomic E-state index is 0.133. The van der Waals surface area contributed by atoms with Crippen LogP contribution in [-0.4, -0.2) is 17.1 Å². The van der Waals surface area contributed by atoms with E-state index in [9.17, 15) is 4.79 Å². The number of carboxylic acid groups (broad SMARTS) is 1. The van der Waals surface area contributed by atoms with E-state index in [4.69, 9.17) is 5.11 Å². The highest BCUT2D eigenvalue weighted by Gasteiger charge is 2.07. The first-order valence-corrected chi connectivity index (χ1v) is 7.31. The van der Waals surface area contributed by atoms with Gasteiger partial charge in [-0.25, -0.2) is 0 Å². The summed E-state index contributed by atoms with van der Waals surface area (Å²) in [7, 11) is 0. The Bertz CT molecular complexity index is 374.